The molecule has 9 heteroatoms. The van der Waals surface area contributed by atoms with E-state index in [2.05, 4.69) is 20.6 Å². The summed E-state index contributed by atoms with van der Waals surface area (Å²) < 4.78 is 9.94. The summed E-state index contributed by atoms with van der Waals surface area (Å²) in [7, 11) is 0. The lowest BCUT2D eigenvalue weighted by molar-refractivity contribution is 0.0330. The standard InChI is InChI=1S/C16H16ClN5OS2/c17-15-13(20-21-25-15)10-24-16-11-3-1-2-4-12(11)18-14(19-16)9-22-5-7-23-8-6-22/h1-4H,5-10H2. The highest BCUT2D eigenvalue weighted by molar-refractivity contribution is 7.98. The molecule has 0 N–H and O–H groups in total. The molecule has 1 aliphatic rings. The largest absolute Gasteiger partial charge is 0.379 e. The molecule has 1 saturated heterocycles. The number of nitrogens with zero attached hydrogens (tertiary/aromatic N) is 5. The molecule has 0 aliphatic carbocycles. The molecule has 0 atom stereocenters. The van der Waals surface area contributed by atoms with Gasteiger partial charge in [0.2, 0.25) is 0 Å². The third-order valence-electron chi connectivity index (χ3n) is 3.94. The first-order valence-electron chi connectivity index (χ1n) is 7.95. The van der Waals surface area contributed by atoms with Gasteiger partial charge in [0.05, 0.1) is 25.3 Å². The van der Waals surface area contributed by atoms with E-state index in [0.29, 0.717) is 10.1 Å². The lowest BCUT2D eigenvalue weighted by Gasteiger charge is -2.25. The number of hydrogen-bond donors (Lipinski definition) is 0. The maximum Gasteiger partial charge on any atom is 0.144 e. The number of para-hydroxylation sites is 1. The zero-order valence-corrected chi connectivity index (χ0v) is 15.8. The molecule has 25 heavy (non-hydrogen) atoms. The van der Waals surface area contributed by atoms with Gasteiger partial charge < -0.3 is 4.74 Å². The van der Waals surface area contributed by atoms with Crippen LogP contribution in [0, 0.1) is 0 Å². The van der Waals surface area contributed by atoms with E-state index in [1.165, 1.54) is 11.5 Å². The van der Waals surface area contributed by atoms with E-state index in [1.54, 1.807) is 11.8 Å². The monoisotopic (exact) mass is 393 g/mol. The molecule has 130 valence electrons. The molecule has 0 unspecified atom stereocenters. The molecule has 1 fully saturated rings. The van der Waals surface area contributed by atoms with Crippen LogP contribution in [0.4, 0.5) is 0 Å². The molecular weight excluding hydrogens is 378 g/mol. The summed E-state index contributed by atoms with van der Waals surface area (Å²) in [6.45, 7) is 4.10. The number of halogens is 1. The van der Waals surface area contributed by atoms with Crippen LogP contribution in [0.3, 0.4) is 0 Å². The number of thioether (sulfide) groups is 1. The maximum absolute atomic E-state index is 6.11. The van der Waals surface area contributed by atoms with Gasteiger partial charge in [-0.3, -0.25) is 4.90 Å². The van der Waals surface area contributed by atoms with E-state index in [0.717, 1.165) is 60.3 Å². The molecule has 0 bridgehead atoms. The van der Waals surface area contributed by atoms with Crippen molar-refractivity contribution in [2.45, 2.75) is 17.3 Å². The van der Waals surface area contributed by atoms with Crippen LogP contribution in [-0.2, 0) is 17.0 Å². The Morgan fingerprint density at radius 2 is 2.04 bits per heavy atom. The Morgan fingerprint density at radius 1 is 1.20 bits per heavy atom. The Bertz CT molecular complexity index is 869. The van der Waals surface area contributed by atoms with Gasteiger partial charge in [-0.2, -0.15) is 0 Å². The SMILES string of the molecule is Clc1snnc1CSc1nc(CN2CCOCC2)nc2ccccc12. The minimum Gasteiger partial charge on any atom is -0.379 e. The molecule has 0 saturated carbocycles. The van der Waals surface area contributed by atoms with Gasteiger partial charge >= 0.3 is 0 Å². The Labute approximate surface area is 158 Å². The van der Waals surface area contributed by atoms with Gasteiger partial charge in [-0.15, -0.1) is 5.10 Å². The zero-order chi connectivity index (χ0) is 17.1. The van der Waals surface area contributed by atoms with Crippen LogP contribution < -0.4 is 0 Å². The van der Waals surface area contributed by atoms with E-state index in [-0.39, 0.29) is 0 Å². The van der Waals surface area contributed by atoms with E-state index in [4.69, 9.17) is 26.3 Å². The van der Waals surface area contributed by atoms with Gasteiger partial charge in [-0.25, -0.2) is 9.97 Å². The van der Waals surface area contributed by atoms with Crippen molar-refractivity contribution in [2.24, 2.45) is 0 Å². The molecule has 1 aliphatic heterocycles. The zero-order valence-electron chi connectivity index (χ0n) is 13.4. The lowest BCUT2D eigenvalue weighted by atomic mass is 10.2. The second kappa shape index (κ2) is 7.92. The van der Waals surface area contributed by atoms with Crippen molar-refractivity contribution in [3.8, 4) is 0 Å². The Balaban J connectivity index is 1.60. The van der Waals surface area contributed by atoms with Crippen molar-refractivity contribution >= 4 is 45.8 Å². The molecular formula is C16H16ClN5OS2. The average molecular weight is 394 g/mol. The van der Waals surface area contributed by atoms with Crippen molar-refractivity contribution in [3.05, 3.63) is 40.1 Å². The highest BCUT2D eigenvalue weighted by Crippen LogP contribution is 2.30. The first kappa shape index (κ1) is 17.1. The van der Waals surface area contributed by atoms with Crippen molar-refractivity contribution in [2.75, 3.05) is 26.3 Å². The summed E-state index contributed by atoms with van der Waals surface area (Å²) in [6.07, 6.45) is 0. The lowest BCUT2D eigenvalue weighted by Crippen LogP contribution is -2.36. The predicted molar refractivity (Wildman–Crippen MR) is 100 cm³/mol. The molecule has 0 radical (unpaired) electrons. The Kier molecular flexibility index (Phi) is 5.42. The van der Waals surface area contributed by atoms with Crippen LogP contribution in [0.15, 0.2) is 29.3 Å². The summed E-state index contributed by atoms with van der Waals surface area (Å²) in [4.78, 5) is 11.9. The predicted octanol–water partition coefficient (Wildman–Crippen LogP) is 3.26. The fraction of sp³-hybridized carbons (Fsp3) is 0.375. The number of fused-ring (bicyclic) bond motifs is 1. The summed E-state index contributed by atoms with van der Waals surface area (Å²) in [5.74, 6) is 1.48. The number of ether oxygens (including phenoxy) is 1. The van der Waals surface area contributed by atoms with Gasteiger partial charge in [0, 0.05) is 35.8 Å². The van der Waals surface area contributed by atoms with Crippen molar-refractivity contribution in [1.82, 2.24) is 24.5 Å². The summed E-state index contributed by atoms with van der Waals surface area (Å²) in [5, 5.41) is 6.09. The topological polar surface area (TPSA) is 64.0 Å². The van der Waals surface area contributed by atoms with Crippen LogP contribution in [0.5, 0.6) is 0 Å². The quantitative estimate of drug-likeness (QED) is 0.487. The van der Waals surface area contributed by atoms with E-state index < -0.39 is 0 Å². The van der Waals surface area contributed by atoms with E-state index >= 15 is 0 Å². The van der Waals surface area contributed by atoms with Crippen molar-refractivity contribution in [1.29, 1.82) is 0 Å². The Morgan fingerprint density at radius 3 is 2.84 bits per heavy atom. The second-order valence-electron chi connectivity index (χ2n) is 5.63. The van der Waals surface area contributed by atoms with Crippen molar-refractivity contribution in [3.63, 3.8) is 0 Å². The minimum absolute atomic E-state index is 0.638. The van der Waals surface area contributed by atoms with E-state index in [1.807, 2.05) is 18.2 Å². The molecule has 6 nitrogen and oxygen atoms in total. The number of morpholine rings is 1. The van der Waals surface area contributed by atoms with Crippen LogP contribution in [0.25, 0.3) is 10.9 Å². The van der Waals surface area contributed by atoms with E-state index in [9.17, 15) is 0 Å². The molecule has 3 aromatic rings. The first-order chi connectivity index (χ1) is 12.3. The summed E-state index contributed by atoms with van der Waals surface area (Å²) >= 11 is 8.95. The Hall–Kier alpha value is -1.32. The molecule has 1 aromatic carbocycles. The molecule has 3 heterocycles. The van der Waals surface area contributed by atoms with Crippen LogP contribution in [0.2, 0.25) is 4.34 Å². The number of benzene rings is 1. The van der Waals surface area contributed by atoms with Crippen LogP contribution in [0.1, 0.15) is 11.5 Å². The number of hydrogen-bond acceptors (Lipinski definition) is 8. The van der Waals surface area contributed by atoms with Crippen molar-refractivity contribution < 1.29 is 4.74 Å². The van der Waals surface area contributed by atoms with Gasteiger partial charge in [0.25, 0.3) is 0 Å². The maximum atomic E-state index is 6.11. The second-order valence-corrected chi connectivity index (χ2v) is 7.95. The highest BCUT2D eigenvalue weighted by atomic mass is 35.5. The van der Waals surface area contributed by atoms with Crippen LogP contribution >= 0.6 is 34.9 Å². The van der Waals surface area contributed by atoms with Gasteiger partial charge in [-0.05, 0) is 6.07 Å². The highest BCUT2D eigenvalue weighted by Gasteiger charge is 2.15. The van der Waals surface area contributed by atoms with Gasteiger partial charge in [0.15, 0.2) is 0 Å². The van der Waals surface area contributed by atoms with Gasteiger partial charge in [-0.1, -0.05) is 46.1 Å². The average Bonchev–Trinajstić information content (AvgIpc) is 3.05. The molecule has 0 amide bonds. The molecule has 0 spiro atoms. The summed E-state index contributed by atoms with van der Waals surface area (Å²) in [5.41, 5.74) is 1.76. The number of rotatable bonds is 5. The number of aromatic nitrogens is 4. The smallest absolute Gasteiger partial charge is 0.144 e. The minimum atomic E-state index is 0.638. The van der Waals surface area contributed by atoms with Gasteiger partial charge in [0.1, 0.15) is 20.9 Å². The normalized spacial score (nSPS) is 15.7. The molecule has 4 rings (SSSR count). The molecule has 2 aromatic heterocycles. The third-order valence-corrected chi connectivity index (χ3v) is 5.93. The van der Waals surface area contributed by atoms with Crippen LogP contribution in [-0.4, -0.2) is 50.8 Å². The first-order valence-corrected chi connectivity index (χ1v) is 10.1. The fourth-order valence-electron chi connectivity index (χ4n) is 2.65. The summed E-state index contributed by atoms with van der Waals surface area (Å²) in [6, 6.07) is 8.09. The fourth-order valence-corrected chi connectivity index (χ4v) is 4.42. The third kappa shape index (κ3) is 4.09.